The van der Waals surface area contributed by atoms with E-state index in [1.54, 1.807) is 47.6 Å². The predicted molar refractivity (Wildman–Crippen MR) is 140 cm³/mol. The van der Waals surface area contributed by atoms with Crippen LogP contribution < -0.4 is 20.5 Å². The lowest BCUT2D eigenvalue weighted by Gasteiger charge is -2.26. The van der Waals surface area contributed by atoms with E-state index in [4.69, 9.17) is 19.9 Å². The molecule has 0 aliphatic rings. The van der Waals surface area contributed by atoms with Gasteiger partial charge in [0.2, 0.25) is 12.1 Å². The van der Waals surface area contributed by atoms with Gasteiger partial charge in [-0.05, 0) is 77.1 Å². The van der Waals surface area contributed by atoms with Crippen molar-refractivity contribution >= 4 is 34.0 Å². The molecule has 0 saturated heterocycles. The molecule has 0 aromatic heterocycles. The molecule has 38 heavy (non-hydrogen) atoms. The second-order valence-electron chi connectivity index (χ2n) is 9.61. The van der Waals surface area contributed by atoms with Crippen LogP contribution in [-0.4, -0.2) is 68.9 Å². The minimum atomic E-state index is -4.06. The second-order valence-corrected chi connectivity index (χ2v) is 11.2. The lowest BCUT2D eigenvalue weighted by molar-refractivity contribution is -0.164. The maximum absolute atomic E-state index is 13.0. The number of benzene rings is 1. The zero-order chi connectivity index (χ0) is 29.4. The number of ether oxygens (including phenoxy) is 3. The Balaban J connectivity index is 2.99. The summed E-state index contributed by atoms with van der Waals surface area (Å²) in [5, 5.41) is 11.9. The number of hydrogen-bond acceptors (Lipinski definition) is 9. The van der Waals surface area contributed by atoms with Crippen LogP contribution in [0.1, 0.15) is 57.2 Å². The highest BCUT2D eigenvalue weighted by atomic mass is 32.2. The van der Waals surface area contributed by atoms with Gasteiger partial charge in [-0.25, -0.2) is 22.7 Å². The number of carboxylic acids is 1. The van der Waals surface area contributed by atoms with Crippen LogP contribution in [0.25, 0.3) is 0 Å². The van der Waals surface area contributed by atoms with Crippen molar-refractivity contribution in [1.82, 2.24) is 10.0 Å². The van der Waals surface area contributed by atoms with Crippen molar-refractivity contribution in [3.63, 3.8) is 0 Å². The van der Waals surface area contributed by atoms with Crippen molar-refractivity contribution in [2.45, 2.75) is 84.0 Å². The number of nitrogens with zero attached hydrogens (tertiary/aromatic N) is 1. The largest absolute Gasteiger partial charge is 0.496 e. The van der Waals surface area contributed by atoms with E-state index in [2.05, 4.69) is 15.0 Å². The topological polar surface area (TPSA) is 196 Å². The average molecular weight is 559 g/mol. The van der Waals surface area contributed by atoms with Crippen LogP contribution in [0.4, 0.5) is 4.79 Å². The number of guanidine groups is 1. The molecule has 13 nitrogen and oxygen atoms in total. The molecule has 5 N–H and O–H groups in total. The van der Waals surface area contributed by atoms with E-state index in [9.17, 15) is 27.9 Å². The molecule has 0 aliphatic heterocycles. The highest BCUT2D eigenvalue weighted by Gasteiger charge is 2.33. The number of nitrogens with one attached hydrogen (secondary N) is 2. The molecule has 0 unspecified atom stereocenters. The zero-order valence-electron chi connectivity index (χ0n) is 23.0. The first-order chi connectivity index (χ1) is 17.4. The third-order valence-electron chi connectivity index (χ3n) is 5.27. The highest BCUT2D eigenvalue weighted by Crippen LogP contribution is 2.30. The summed E-state index contributed by atoms with van der Waals surface area (Å²) in [5.41, 5.74) is 6.60. The Morgan fingerprint density at radius 3 is 2.26 bits per heavy atom. The number of esters is 1. The molecule has 0 saturated carbocycles. The maximum atomic E-state index is 13.0. The molecule has 0 bridgehead atoms. The number of aryl methyl sites for hydroxylation is 1. The molecular weight excluding hydrogens is 520 g/mol. The summed E-state index contributed by atoms with van der Waals surface area (Å²) in [7, 11) is -2.57. The van der Waals surface area contributed by atoms with E-state index in [0.29, 0.717) is 22.4 Å². The van der Waals surface area contributed by atoms with Gasteiger partial charge in [0.25, 0.3) is 10.0 Å². The number of hydrogen-bond donors (Lipinski definition) is 4. The molecule has 14 heteroatoms. The van der Waals surface area contributed by atoms with E-state index < -0.39 is 45.8 Å². The zero-order valence-corrected chi connectivity index (χ0v) is 23.8. The minimum absolute atomic E-state index is 0.00289. The van der Waals surface area contributed by atoms with Gasteiger partial charge in [0.1, 0.15) is 11.4 Å². The summed E-state index contributed by atoms with van der Waals surface area (Å²) < 4.78 is 43.5. The monoisotopic (exact) mass is 558 g/mol. The van der Waals surface area contributed by atoms with Gasteiger partial charge in [0.05, 0.1) is 18.0 Å². The van der Waals surface area contributed by atoms with Gasteiger partial charge in [-0.1, -0.05) is 0 Å². The Morgan fingerprint density at radius 2 is 1.76 bits per heavy atom. The third-order valence-corrected chi connectivity index (χ3v) is 6.91. The number of amides is 1. The van der Waals surface area contributed by atoms with Crippen LogP contribution in [0.3, 0.4) is 0 Å². The summed E-state index contributed by atoms with van der Waals surface area (Å²) in [6, 6.07) is 0.469. The number of carbonyl (C=O) groups excluding carboxylic acids is 2. The number of aliphatic imine (C=N–C) groups is 1. The van der Waals surface area contributed by atoms with Crippen LogP contribution in [0, 0.1) is 20.8 Å². The van der Waals surface area contributed by atoms with Crippen LogP contribution in [0.15, 0.2) is 16.0 Å². The highest BCUT2D eigenvalue weighted by molar-refractivity contribution is 7.90. The molecule has 0 heterocycles. The molecule has 214 valence electrons. The van der Waals surface area contributed by atoms with Crippen molar-refractivity contribution < 1.29 is 42.1 Å². The number of rotatable bonds is 11. The summed E-state index contributed by atoms with van der Waals surface area (Å²) in [6.45, 7) is 11.0. The molecule has 0 radical (unpaired) electrons. The summed E-state index contributed by atoms with van der Waals surface area (Å²) in [4.78, 5) is 39.4. The lowest BCUT2D eigenvalue weighted by Crippen LogP contribution is -2.50. The number of carbonyl (C=O) groups is 3. The quantitative estimate of drug-likeness (QED) is 0.135. The number of methoxy groups -OCH3 is 1. The standard InChI is InChI=1S/C24H38N4O9S/c1-13-12-18(35-8)14(2)15(3)20(13)38(33,34)28-22(25)26-11-9-10-17(19(21(30)31)36-16(4)29)27-23(32)37-24(5,6)7/h12,17,19H,9-11H2,1-8H3,(H,27,32)(H,30,31)(H3,25,26,28)/t17-,19-/m0/s1. The van der Waals surface area contributed by atoms with Crippen LogP contribution in [-0.2, 0) is 29.1 Å². The lowest BCUT2D eigenvalue weighted by atomic mass is 10.1. The van der Waals surface area contributed by atoms with E-state index >= 15 is 0 Å². The second kappa shape index (κ2) is 13.3. The van der Waals surface area contributed by atoms with Crippen molar-refractivity contribution in [3.05, 3.63) is 22.8 Å². The fraction of sp³-hybridized carbons (Fsp3) is 0.583. The minimum Gasteiger partial charge on any atom is -0.496 e. The predicted octanol–water partition coefficient (Wildman–Crippen LogP) is 1.90. The Kier molecular flexibility index (Phi) is 11.4. The van der Waals surface area contributed by atoms with Gasteiger partial charge in [0.15, 0.2) is 0 Å². The van der Waals surface area contributed by atoms with E-state index in [1.807, 2.05) is 0 Å². The SMILES string of the molecule is COc1cc(C)c(S(=O)(=O)NC(N)=NCCC[C@H](NC(=O)OC(C)(C)C)[C@H](OC(C)=O)C(=O)O)c(C)c1C. The number of aliphatic carboxylic acids is 1. The van der Waals surface area contributed by atoms with Gasteiger partial charge in [-0.2, -0.15) is 0 Å². The fourth-order valence-corrected chi connectivity index (χ4v) is 5.10. The van der Waals surface area contributed by atoms with Gasteiger partial charge >= 0.3 is 18.0 Å². The van der Waals surface area contributed by atoms with Gasteiger partial charge in [0, 0.05) is 13.5 Å². The average Bonchev–Trinajstić information content (AvgIpc) is 2.74. The molecule has 1 aromatic carbocycles. The van der Waals surface area contributed by atoms with Gasteiger partial charge in [-0.15, -0.1) is 0 Å². The first-order valence-electron chi connectivity index (χ1n) is 11.8. The van der Waals surface area contributed by atoms with Crippen molar-refractivity contribution in [2.24, 2.45) is 10.7 Å². The van der Waals surface area contributed by atoms with E-state index in [1.165, 1.54) is 7.11 Å². The smallest absolute Gasteiger partial charge is 0.408 e. The molecule has 1 aromatic rings. The van der Waals surface area contributed by atoms with Gasteiger partial charge < -0.3 is 30.4 Å². The number of sulfonamides is 1. The third kappa shape index (κ3) is 9.72. The van der Waals surface area contributed by atoms with Crippen LogP contribution >= 0.6 is 0 Å². The van der Waals surface area contributed by atoms with E-state index in [-0.39, 0.29) is 30.2 Å². The van der Waals surface area contributed by atoms with Crippen molar-refractivity contribution in [3.8, 4) is 5.75 Å². The number of nitrogens with two attached hydrogens (primary N) is 1. The van der Waals surface area contributed by atoms with E-state index in [0.717, 1.165) is 6.92 Å². The van der Waals surface area contributed by atoms with Crippen molar-refractivity contribution in [1.29, 1.82) is 0 Å². The Labute approximate surface area is 223 Å². The molecule has 1 rings (SSSR count). The first-order valence-corrected chi connectivity index (χ1v) is 13.2. The molecule has 0 fully saturated rings. The summed E-state index contributed by atoms with van der Waals surface area (Å²) in [6.07, 6.45) is -2.40. The fourth-order valence-electron chi connectivity index (χ4n) is 3.62. The van der Waals surface area contributed by atoms with Crippen molar-refractivity contribution in [2.75, 3.05) is 13.7 Å². The molecule has 2 atom stereocenters. The Morgan fingerprint density at radius 1 is 1.16 bits per heavy atom. The Hall–Kier alpha value is -3.55. The maximum Gasteiger partial charge on any atom is 0.408 e. The van der Waals surface area contributed by atoms with Crippen LogP contribution in [0.2, 0.25) is 0 Å². The molecule has 1 amide bonds. The summed E-state index contributed by atoms with van der Waals surface area (Å²) in [5.74, 6) is -2.12. The molecule has 0 aliphatic carbocycles. The summed E-state index contributed by atoms with van der Waals surface area (Å²) >= 11 is 0. The van der Waals surface area contributed by atoms with Gasteiger partial charge in [-0.3, -0.25) is 9.79 Å². The molecule has 0 spiro atoms. The van der Waals surface area contributed by atoms with Crippen LogP contribution in [0.5, 0.6) is 5.75 Å². The molecular formula is C24H38N4O9S. The number of carboxylic acid groups (broad SMARTS) is 1. The normalized spacial score (nSPS) is 13.7. The first kappa shape index (κ1) is 32.5. The Bertz CT molecular complexity index is 1170. The number of alkyl carbamates (subject to hydrolysis) is 1.